The van der Waals surface area contributed by atoms with Crippen molar-refractivity contribution in [2.24, 2.45) is 0 Å². The van der Waals surface area contributed by atoms with Gasteiger partial charge in [0.1, 0.15) is 11.6 Å². The number of fused-ring (bicyclic) bond motifs is 1. The van der Waals surface area contributed by atoms with E-state index in [1.807, 2.05) is 6.07 Å². The van der Waals surface area contributed by atoms with E-state index >= 15 is 0 Å². The van der Waals surface area contributed by atoms with Crippen molar-refractivity contribution in [2.45, 2.75) is 24.8 Å². The van der Waals surface area contributed by atoms with Crippen LogP contribution < -0.4 is 16.0 Å². The fraction of sp³-hybridized carbons (Fsp3) is 0.161. The lowest BCUT2D eigenvalue weighted by Gasteiger charge is -2.22. The van der Waals surface area contributed by atoms with Gasteiger partial charge in [0.15, 0.2) is 0 Å². The molecule has 1 unspecified atom stereocenters. The number of rotatable bonds is 8. The first-order valence-electron chi connectivity index (χ1n) is 12.7. The molecule has 2 heterocycles. The molecule has 7 nitrogen and oxygen atoms in total. The zero-order chi connectivity index (χ0) is 28.2. The Morgan fingerprint density at radius 3 is 2.52 bits per heavy atom. The predicted octanol–water partition coefficient (Wildman–Crippen LogP) is 4.91. The van der Waals surface area contributed by atoms with Crippen LogP contribution in [-0.2, 0) is 16.0 Å². The van der Waals surface area contributed by atoms with Gasteiger partial charge in [-0.25, -0.2) is 8.78 Å². The average Bonchev–Trinajstić information content (AvgIpc) is 3.26. The number of carbonyl (C=O) groups excluding carboxylic acids is 3. The van der Waals surface area contributed by atoms with Gasteiger partial charge in [-0.05, 0) is 59.5 Å². The highest BCUT2D eigenvalue weighted by Crippen LogP contribution is 2.35. The van der Waals surface area contributed by atoms with Gasteiger partial charge in [0.2, 0.25) is 11.8 Å². The number of hydrogen-bond donors (Lipinski definition) is 3. The molecule has 0 radical (unpaired) electrons. The number of nitrogens with zero attached hydrogens (tertiary/aromatic N) is 1. The van der Waals surface area contributed by atoms with Gasteiger partial charge in [0.05, 0.1) is 17.7 Å². The Labute approximate surface area is 229 Å². The maximum atomic E-state index is 14.1. The molecule has 1 aliphatic heterocycles. The van der Waals surface area contributed by atoms with Crippen LogP contribution in [0.2, 0.25) is 0 Å². The molecule has 0 fully saturated rings. The minimum Gasteiger partial charge on any atom is -0.355 e. The van der Waals surface area contributed by atoms with Gasteiger partial charge in [0, 0.05) is 42.5 Å². The number of carbonyl (C=O) groups is 3. The molecule has 9 heteroatoms. The minimum atomic E-state index is -0.798. The van der Waals surface area contributed by atoms with Crippen LogP contribution in [0.5, 0.6) is 0 Å². The van der Waals surface area contributed by atoms with Gasteiger partial charge in [-0.3, -0.25) is 19.4 Å². The molecule has 40 heavy (non-hydrogen) atoms. The van der Waals surface area contributed by atoms with Crippen molar-refractivity contribution in [2.75, 3.05) is 12.4 Å². The number of hydrogen-bond acceptors (Lipinski definition) is 4. The maximum Gasteiger partial charge on any atom is 0.251 e. The number of pyridine rings is 1. The summed E-state index contributed by atoms with van der Waals surface area (Å²) in [4.78, 5) is 42.8. The standard InChI is InChI=1S/C31H26F2N4O3/c1-34-30(39)20-7-4-6-19(15-20)23-9-5-11-35-29(23)27(14-18-12-21(32)16-22(33)13-18)36-28(38)17-25-24-8-2-3-10-26(24)37-31(25)40/h2-13,15-16,25,27H,14,17H2,1H3,(H,34,39)(H,36,38)(H,37,40)/t25?,27-/m0/s1. The molecular formula is C31H26F2N4O3. The second-order valence-corrected chi connectivity index (χ2v) is 9.53. The first kappa shape index (κ1) is 26.7. The smallest absolute Gasteiger partial charge is 0.251 e. The highest BCUT2D eigenvalue weighted by Gasteiger charge is 2.33. The number of para-hydroxylation sites is 1. The van der Waals surface area contributed by atoms with E-state index in [0.717, 1.165) is 11.6 Å². The van der Waals surface area contributed by atoms with Gasteiger partial charge >= 0.3 is 0 Å². The molecule has 0 aliphatic carbocycles. The summed E-state index contributed by atoms with van der Waals surface area (Å²) in [6, 6.07) is 20.0. The topological polar surface area (TPSA) is 100 Å². The fourth-order valence-electron chi connectivity index (χ4n) is 5.01. The number of halogens is 2. The van der Waals surface area contributed by atoms with E-state index in [-0.39, 0.29) is 24.7 Å². The largest absolute Gasteiger partial charge is 0.355 e. The number of benzene rings is 3. The first-order valence-corrected chi connectivity index (χ1v) is 12.7. The molecule has 4 aromatic rings. The normalized spacial score (nSPS) is 14.7. The Hall–Kier alpha value is -4.92. The van der Waals surface area contributed by atoms with Crippen molar-refractivity contribution in [3.05, 3.63) is 119 Å². The van der Waals surface area contributed by atoms with Crippen molar-refractivity contribution in [1.82, 2.24) is 15.6 Å². The van der Waals surface area contributed by atoms with Crippen molar-refractivity contribution in [1.29, 1.82) is 0 Å². The molecule has 1 aliphatic rings. The van der Waals surface area contributed by atoms with E-state index < -0.39 is 29.5 Å². The van der Waals surface area contributed by atoms with E-state index in [4.69, 9.17) is 0 Å². The zero-order valence-corrected chi connectivity index (χ0v) is 21.6. The monoisotopic (exact) mass is 540 g/mol. The summed E-state index contributed by atoms with van der Waals surface area (Å²) in [6.45, 7) is 0. The molecule has 2 atom stereocenters. The second-order valence-electron chi connectivity index (χ2n) is 9.53. The second kappa shape index (κ2) is 11.4. The summed E-state index contributed by atoms with van der Waals surface area (Å²) in [5.74, 6) is -3.10. The van der Waals surface area contributed by atoms with Crippen molar-refractivity contribution >= 4 is 23.4 Å². The lowest BCUT2D eigenvalue weighted by Crippen LogP contribution is -2.33. The highest BCUT2D eigenvalue weighted by molar-refractivity contribution is 6.05. The lowest BCUT2D eigenvalue weighted by molar-refractivity contribution is -0.125. The summed E-state index contributed by atoms with van der Waals surface area (Å²) in [5, 5.41) is 8.34. The van der Waals surface area contributed by atoms with Crippen LogP contribution in [-0.4, -0.2) is 29.8 Å². The van der Waals surface area contributed by atoms with Crippen molar-refractivity contribution < 1.29 is 23.2 Å². The van der Waals surface area contributed by atoms with Gasteiger partial charge in [-0.2, -0.15) is 0 Å². The Morgan fingerprint density at radius 1 is 0.975 bits per heavy atom. The van der Waals surface area contributed by atoms with E-state index in [0.29, 0.717) is 33.6 Å². The third-order valence-corrected chi connectivity index (χ3v) is 6.83. The summed E-state index contributed by atoms with van der Waals surface area (Å²) in [7, 11) is 1.54. The third-order valence-electron chi connectivity index (χ3n) is 6.83. The molecule has 1 aromatic heterocycles. The molecule has 0 bridgehead atoms. The maximum absolute atomic E-state index is 14.1. The lowest BCUT2D eigenvalue weighted by atomic mass is 9.93. The molecule has 0 spiro atoms. The van der Waals surface area contributed by atoms with Crippen molar-refractivity contribution in [3.63, 3.8) is 0 Å². The number of aromatic nitrogens is 1. The van der Waals surface area contributed by atoms with Gasteiger partial charge < -0.3 is 16.0 Å². The molecule has 3 amide bonds. The average molecular weight is 541 g/mol. The molecule has 3 aromatic carbocycles. The van der Waals surface area contributed by atoms with Crippen LogP contribution in [0.1, 0.15) is 45.6 Å². The molecule has 5 rings (SSSR count). The van der Waals surface area contributed by atoms with Gasteiger partial charge in [-0.15, -0.1) is 0 Å². The van der Waals surface area contributed by atoms with E-state index in [1.165, 1.54) is 19.2 Å². The minimum absolute atomic E-state index is 0.0347. The predicted molar refractivity (Wildman–Crippen MR) is 146 cm³/mol. The van der Waals surface area contributed by atoms with E-state index in [9.17, 15) is 23.2 Å². The SMILES string of the molecule is CNC(=O)c1cccc(-c2cccnc2[C@H](Cc2cc(F)cc(F)c2)NC(=O)CC2C(=O)Nc3ccccc32)c1. The quantitative estimate of drug-likeness (QED) is 0.296. The Morgan fingerprint density at radius 2 is 1.75 bits per heavy atom. The molecule has 0 saturated carbocycles. The molecule has 3 N–H and O–H groups in total. The Balaban J connectivity index is 1.50. The number of amides is 3. The molecular weight excluding hydrogens is 514 g/mol. The zero-order valence-electron chi connectivity index (χ0n) is 21.6. The van der Waals surface area contributed by atoms with Crippen molar-refractivity contribution in [3.8, 4) is 11.1 Å². The highest BCUT2D eigenvalue weighted by atomic mass is 19.1. The summed E-state index contributed by atoms with van der Waals surface area (Å²) >= 11 is 0. The van der Waals surface area contributed by atoms with E-state index in [2.05, 4.69) is 20.9 Å². The summed E-state index contributed by atoms with van der Waals surface area (Å²) < 4.78 is 28.1. The van der Waals surface area contributed by atoms with Crippen LogP contribution in [0.3, 0.4) is 0 Å². The number of nitrogens with one attached hydrogen (secondary N) is 3. The van der Waals surface area contributed by atoms with Crippen LogP contribution in [0.4, 0.5) is 14.5 Å². The number of anilines is 1. The summed E-state index contributed by atoms with van der Waals surface area (Å²) in [5.41, 5.74) is 3.93. The van der Waals surface area contributed by atoms with Crippen LogP contribution in [0.25, 0.3) is 11.1 Å². The van der Waals surface area contributed by atoms with Crippen LogP contribution in [0, 0.1) is 11.6 Å². The fourth-order valence-corrected chi connectivity index (χ4v) is 5.01. The Bertz CT molecular complexity index is 1590. The first-order chi connectivity index (χ1) is 19.3. The Kier molecular flexibility index (Phi) is 7.63. The van der Waals surface area contributed by atoms with Gasteiger partial charge in [0.25, 0.3) is 5.91 Å². The van der Waals surface area contributed by atoms with Gasteiger partial charge in [-0.1, -0.05) is 36.4 Å². The third kappa shape index (κ3) is 5.73. The van der Waals surface area contributed by atoms with Crippen LogP contribution in [0.15, 0.2) is 85.1 Å². The molecule has 202 valence electrons. The summed E-state index contributed by atoms with van der Waals surface area (Å²) in [6.07, 6.45) is 1.48. The molecule has 0 saturated heterocycles. The van der Waals surface area contributed by atoms with Crippen LogP contribution >= 0.6 is 0 Å². The van der Waals surface area contributed by atoms with E-state index in [1.54, 1.807) is 60.8 Å².